The van der Waals surface area contributed by atoms with Gasteiger partial charge in [-0.3, -0.25) is 14.8 Å². The molecule has 1 aromatic heterocycles. The first-order valence-corrected chi connectivity index (χ1v) is 9.83. The van der Waals surface area contributed by atoms with Gasteiger partial charge in [-0.1, -0.05) is 0 Å². The SMILES string of the molecule is Cc1c(B2OC(C)(C)C(C)(C)O2)cnc2c1N(C(=O)OOC(C)(C)C)CCC2. The lowest BCUT2D eigenvalue weighted by Gasteiger charge is -2.32. The molecule has 3 heterocycles. The summed E-state index contributed by atoms with van der Waals surface area (Å²) < 4.78 is 12.4. The Kier molecular flexibility index (Phi) is 5.27. The van der Waals surface area contributed by atoms with Crippen LogP contribution in [0, 0.1) is 6.92 Å². The molecule has 0 bridgehead atoms. The average molecular weight is 390 g/mol. The third-order valence-electron chi connectivity index (χ3n) is 5.58. The van der Waals surface area contributed by atoms with E-state index in [0.29, 0.717) is 6.54 Å². The first-order valence-electron chi connectivity index (χ1n) is 9.83. The number of pyridine rings is 1. The average Bonchev–Trinajstić information content (AvgIpc) is 2.79. The summed E-state index contributed by atoms with van der Waals surface area (Å²) in [7, 11) is -0.534. The van der Waals surface area contributed by atoms with Crippen LogP contribution >= 0.6 is 0 Å². The second kappa shape index (κ2) is 7.00. The highest BCUT2D eigenvalue weighted by atomic mass is 17.2. The van der Waals surface area contributed by atoms with Crippen LogP contribution in [0.25, 0.3) is 0 Å². The zero-order valence-electron chi connectivity index (χ0n) is 18.2. The summed E-state index contributed by atoms with van der Waals surface area (Å²) in [6.07, 6.45) is 2.90. The van der Waals surface area contributed by atoms with Crippen LogP contribution in [0.2, 0.25) is 0 Å². The molecule has 8 heteroatoms. The molecule has 1 aromatic rings. The van der Waals surface area contributed by atoms with E-state index in [4.69, 9.17) is 19.1 Å². The Labute approximate surface area is 167 Å². The second-order valence-corrected chi connectivity index (χ2v) is 9.52. The summed E-state index contributed by atoms with van der Waals surface area (Å²) >= 11 is 0. The zero-order chi connectivity index (χ0) is 20.9. The second-order valence-electron chi connectivity index (χ2n) is 9.52. The summed E-state index contributed by atoms with van der Waals surface area (Å²) in [6.45, 7) is 16.1. The number of hydrogen-bond acceptors (Lipinski definition) is 6. The molecule has 0 unspecified atom stereocenters. The molecule has 1 amide bonds. The predicted octanol–water partition coefficient (Wildman–Crippen LogP) is 3.31. The van der Waals surface area contributed by atoms with Crippen molar-refractivity contribution in [2.24, 2.45) is 0 Å². The zero-order valence-corrected chi connectivity index (χ0v) is 18.2. The van der Waals surface area contributed by atoms with E-state index < -0.39 is 30.0 Å². The highest BCUT2D eigenvalue weighted by Gasteiger charge is 2.52. The summed E-state index contributed by atoms with van der Waals surface area (Å²) in [5.41, 5.74) is 1.91. The molecule has 0 aliphatic carbocycles. The Hall–Kier alpha value is -1.64. The lowest BCUT2D eigenvalue weighted by molar-refractivity contribution is -0.298. The molecule has 2 aliphatic rings. The van der Waals surface area contributed by atoms with Crippen molar-refractivity contribution in [3.63, 3.8) is 0 Å². The fraction of sp³-hybridized carbons (Fsp3) is 0.700. The molecular formula is C20H31BN2O5. The van der Waals surface area contributed by atoms with Gasteiger partial charge in [0.2, 0.25) is 0 Å². The lowest BCUT2D eigenvalue weighted by Crippen LogP contribution is -2.42. The van der Waals surface area contributed by atoms with Gasteiger partial charge in [0.15, 0.2) is 0 Å². The molecule has 0 saturated carbocycles. The third-order valence-corrected chi connectivity index (χ3v) is 5.58. The van der Waals surface area contributed by atoms with Gasteiger partial charge in [0.25, 0.3) is 0 Å². The van der Waals surface area contributed by atoms with E-state index in [1.165, 1.54) is 0 Å². The van der Waals surface area contributed by atoms with Gasteiger partial charge in [0.1, 0.15) is 5.60 Å². The highest BCUT2D eigenvalue weighted by molar-refractivity contribution is 6.62. The Morgan fingerprint density at radius 2 is 1.82 bits per heavy atom. The van der Waals surface area contributed by atoms with Crippen molar-refractivity contribution in [1.29, 1.82) is 0 Å². The fourth-order valence-electron chi connectivity index (χ4n) is 3.31. The van der Waals surface area contributed by atoms with E-state index in [-0.39, 0.29) is 0 Å². The summed E-state index contributed by atoms with van der Waals surface area (Å²) in [5.74, 6) is 0. The standard InChI is InChI=1S/C20H31BN2O5/c1-13-14(21-26-19(5,6)20(7,8)27-21)12-22-15-10-9-11-23(16(13)15)17(24)25-28-18(2,3)4/h12H,9-11H2,1-8H3. The van der Waals surface area contributed by atoms with Crippen LogP contribution in [-0.4, -0.2) is 41.5 Å². The number of carbonyl (C=O) groups is 1. The quantitative estimate of drug-likeness (QED) is 0.438. The Morgan fingerprint density at radius 3 is 2.39 bits per heavy atom. The number of nitrogens with zero attached hydrogens (tertiary/aromatic N) is 2. The van der Waals surface area contributed by atoms with Crippen LogP contribution in [-0.2, 0) is 25.5 Å². The fourth-order valence-corrected chi connectivity index (χ4v) is 3.31. The van der Waals surface area contributed by atoms with E-state index >= 15 is 0 Å². The van der Waals surface area contributed by atoms with E-state index in [0.717, 1.165) is 35.2 Å². The first kappa shape index (κ1) is 21.1. The van der Waals surface area contributed by atoms with Crippen molar-refractivity contribution in [2.75, 3.05) is 11.4 Å². The van der Waals surface area contributed by atoms with Crippen LogP contribution < -0.4 is 10.4 Å². The monoisotopic (exact) mass is 390 g/mol. The molecule has 0 atom stereocenters. The van der Waals surface area contributed by atoms with Crippen molar-refractivity contribution >= 4 is 24.4 Å². The maximum atomic E-state index is 12.7. The van der Waals surface area contributed by atoms with Crippen LogP contribution in [0.1, 0.15) is 66.1 Å². The van der Waals surface area contributed by atoms with Crippen LogP contribution in [0.5, 0.6) is 0 Å². The Bertz CT molecular complexity index is 757. The molecule has 2 aliphatic heterocycles. The Balaban J connectivity index is 1.92. The minimum atomic E-state index is -0.577. The summed E-state index contributed by atoms with van der Waals surface area (Å²) in [4.78, 5) is 29.2. The largest absolute Gasteiger partial charge is 0.496 e. The van der Waals surface area contributed by atoms with Crippen molar-refractivity contribution in [1.82, 2.24) is 4.98 Å². The van der Waals surface area contributed by atoms with Gasteiger partial charge in [-0.05, 0) is 73.8 Å². The van der Waals surface area contributed by atoms with Gasteiger partial charge >= 0.3 is 13.2 Å². The van der Waals surface area contributed by atoms with Crippen LogP contribution in [0.3, 0.4) is 0 Å². The first-order chi connectivity index (χ1) is 12.8. The number of rotatable bonds is 2. The van der Waals surface area contributed by atoms with Gasteiger partial charge in [0, 0.05) is 18.2 Å². The van der Waals surface area contributed by atoms with Gasteiger partial charge in [-0.2, -0.15) is 4.89 Å². The van der Waals surface area contributed by atoms with Gasteiger partial charge in [0.05, 0.1) is 22.6 Å². The minimum Gasteiger partial charge on any atom is -0.399 e. The molecule has 28 heavy (non-hydrogen) atoms. The molecule has 0 spiro atoms. The van der Waals surface area contributed by atoms with Gasteiger partial charge in [-0.25, -0.2) is 4.79 Å². The number of aryl methyl sites for hydroxylation is 1. The number of anilines is 1. The van der Waals surface area contributed by atoms with E-state index in [9.17, 15) is 4.79 Å². The number of fused-ring (bicyclic) bond motifs is 1. The summed E-state index contributed by atoms with van der Waals surface area (Å²) in [5, 5.41) is 0. The van der Waals surface area contributed by atoms with E-state index in [1.807, 2.05) is 55.4 Å². The molecule has 3 rings (SSSR count). The number of amides is 1. The number of carbonyl (C=O) groups excluding carboxylic acids is 1. The molecule has 154 valence electrons. The minimum absolute atomic E-state index is 0.445. The highest BCUT2D eigenvalue weighted by Crippen LogP contribution is 2.38. The number of hydrogen-bond donors (Lipinski definition) is 0. The molecule has 1 saturated heterocycles. The Morgan fingerprint density at radius 1 is 1.21 bits per heavy atom. The van der Waals surface area contributed by atoms with Crippen LogP contribution in [0.4, 0.5) is 10.5 Å². The number of aromatic nitrogens is 1. The molecule has 0 aromatic carbocycles. The van der Waals surface area contributed by atoms with Gasteiger partial charge in [-0.15, -0.1) is 0 Å². The lowest BCUT2D eigenvalue weighted by atomic mass is 9.76. The van der Waals surface area contributed by atoms with Crippen LogP contribution in [0.15, 0.2) is 6.20 Å². The van der Waals surface area contributed by atoms with Gasteiger partial charge < -0.3 is 9.31 Å². The van der Waals surface area contributed by atoms with Crippen molar-refractivity contribution in [2.45, 2.75) is 85.0 Å². The normalized spacial score (nSPS) is 20.9. The van der Waals surface area contributed by atoms with Crippen molar-refractivity contribution in [3.05, 3.63) is 17.5 Å². The maximum Gasteiger partial charge on any atom is 0.496 e. The smallest absolute Gasteiger partial charge is 0.399 e. The molecule has 0 N–H and O–H groups in total. The van der Waals surface area contributed by atoms with E-state index in [1.54, 1.807) is 11.1 Å². The molecule has 7 nitrogen and oxygen atoms in total. The molecule has 1 fully saturated rings. The topological polar surface area (TPSA) is 70.1 Å². The predicted molar refractivity (Wildman–Crippen MR) is 108 cm³/mol. The van der Waals surface area contributed by atoms with E-state index in [2.05, 4.69) is 4.98 Å². The third kappa shape index (κ3) is 3.90. The molecule has 0 radical (unpaired) electrons. The van der Waals surface area contributed by atoms with Crippen molar-refractivity contribution < 1.29 is 23.9 Å². The van der Waals surface area contributed by atoms with Crippen molar-refractivity contribution in [3.8, 4) is 0 Å². The maximum absolute atomic E-state index is 12.7. The molecular weight excluding hydrogens is 359 g/mol. The summed E-state index contributed by atoms with van der Waals surface area (Å²) in [6, 6.07) is 0.